The highest BCUT2D eigenvalue weighted by Crippen LogP contribution is 2.13. The summed E-state index contributed by atoms with van der Waals surface area (Å²) in [5.74, 6) is 0. The van der Waals surface area contributed by atoms with Crippen LogP contribution in [-0.2, 0) is 10.0 Å². The van der Waals surface area contributed by atoms with Crippen molar-refractivity contribution in [3.8, 4) is 0 Å². The smallest absolute Gasteiger partial charge is 0.326 e. The van der Waals surface area contributed by atoms with Gasteiger partial charge in [0.2, 0.25) is 10.0 Å². The zero-order chi connectivity index (χ0) is 10.1. The van der Waals surface area contributed by atoms with Gasteiger partial charge in [-0.1, -0.05) is 27.5 Å². The SMILES string of the molecule is NS(=O)(=O)c1cc(Br)cc([B]O)c1. The largest absolute Gasteiger partial charge is 0.450 e. The zero-order valence-electron chi connectivity index (χ0n) is 6.44. The van der Waals surface area contributed by atoms with Gasteiger partial charge >= 0.3 is 7.48 Å². The van der Waals surface area contributed by atoms with Crippen molar-refractivity contribution in [3.05, 3.63) is 22.7 Å². The lowest BCUT2D eigenvalue weighted by molar-refractivity contribution is 0.598. The molecular weight excluding hydrogens is 257 g/mol. The van der Waals surface area contributed by atoms with Crippen molar-refractivity contribution < 1.29 is 13.4 Å². The van der Waals surface area contributed by atoms with Crippen LogP contribution in [0.2, 0.25) is 0 Å². The first-order valence-electron chi connectivity index (χ1n) is 3.24. The second-order valence-electron chi connectivity index (χ2n) is 2.39. The van der Waals surface area contributed by atoms with Gasteiger partial charge in [-0.2, -0.15) is 0 Å². The Bertz CT molecular complexity index is 420. The summed E-state index contributed by atoms with van der Waals surface area (Å²) >= 11 is 3.10. The summed E-state index contributed by atoms with van der Waals surface area (Å²) in [6.45, 7) is 0. The lowest BCUT2D eigenvalue weighted by Gasteiger charge is -2.01. The standard InChI is InChI=1S/C6H6BBrNO3S/c8-5-1-4(7-10)2-6(3-5)13(9,11)12/h1-3,10H,(H2,9,11,12). The number of nitrogens with two attached hydrogens (primary N) is 1. The van der Waals surface area contributed by atoms with Gasteiger partial charge in [-0.3, -0.25) is 0 Å². The molecule has 0 aromatic heterocycles. The van der Waals surface area contributed by atoms with Crippen LogP contribution in [0.5, 0.6) is 0 Å². The molecule has 0 unspecified atom stereocenters. The Morgan fingerprint density at radius 1 is 1.38 bits per heavy atom. The van der Waals surface area contributed by atoms with Crippen molar-refractivity contribution in [2.24, 2.45) is 5.14 Å². The minimum atomic E-state index is -3.72. The van der Waals surface area contributed by atoms with Crippen molar-refractivity contribution in [2.45, 2.75) is 4.90 Å². The first kappa shape index (κ1) is 10.7. The van der Waals surface area contributed by atoms with Crippen LogP contribution in [0.3, 0.4) is 0 Å². The van der Waals surface area contributed by atoms with E-state index in [1.165, 1.54) is 12.1 Å². The molecule has 4 nitrogen and oxygen atoms in total. The van der Waals surface area contributed by atoms with Gasteiger partial charge in [0.05, 0.1) is 4.90 Å². The van der Waals surface area contributed by atoms with E-state index in [0.29, 0.717) is 9.94 Å². The van der Waals surface area contributed by atoms with Gasteiger partial charge in [0, 0.05) is 4.47 Å². The Kier molecular flexibility index (Phi) is 3.12. The first-order valence-corrected chi connectivity index (χ1v) is 5.58. The fourth-order valence-corrected chi connectivity index (χ4v) is 2.08. The second kappa shape index (κ2) is 3.79. The van der Waals surface area contributed by atoms with Crippen LogP contribution < -0.4 is 10.6 Å². The number of hydrogen-bond donors (Lipinski definition) is 2. The van der Waals surface area contributed by atoms with Crippen molar-refractivity contribution in [1.82, 2.24) is 0 Å². The van der Waals surface area contributed by atoms with Gasteiger partial charge in [0.25, 0.3) is 0 Å². The van der Waals surface area contributed by atoms with Crippen LogP contribution in [-0.4, -0.2) is 20.9 Å². The van der Waals surface area contributed by atoms with Gasteiger partial charge in [-0.25, -0.2) is 13.6 Å². The maximum atomic E-state index is 10.9. The highest BCUT2D eigenvalue weighted by Gasteiger charge is 2.09. The van der Waals surface area contributed by atoms with Crippen LogP contribution in [0.4, 0.5) is 0 Å². The summed E-state index contributed by atoms with van der Waals surface area (Å²) in [4.78, 5) is -0.0397. The predicted octanol–water partition coefficient (Wildman–Crippen LogP) is -0.667. The fourth-order valence-electron chi connectivity index (χ4n) is 0.823. The maximum Gasteiger partial charge on any atom is 0.326 e. The summed E-state index contributed by atoms with van der Waals surface area (Å²) in [6.07, 6.45) is 0. The molecule has 1 aromatic carbocycles. The zero-order valence-corrected chi connectivity index (χ0v) is 8.84. The molecule has 0 saturated carbocycles. The molecule has 0 spiro atoms. The third kappa shape index (κ3) is 2.80. The Balaban J connectivity index is 3.33. The van der Waals surface area contributed by atoms with Crippen LogP contribution >= 0.6 is 15.9 Å². The molecule has 0 aliphatic rings. The third-order valence-corrected chi connectivity index (χ3v) is 2.72. The van der Waals surface area contributed by atoms with E-state index < -0.39 is 10.0 Å². The highest BCUT2D eigenvalue weighted by molar-refractivity contribution is 9.10. The highest BCUT2D eigenvalue weighted by atomic mass is 79.9. The summed E-state index contributed by atoms with van der Waals surface area (Å²) < 4.78 is 22.4. The van der Waals surface area contributed by atoms with E-state index in [1.807, 2.05) is 0 Å². The summed E-state index contributed by atoms with van der Waals surface area (Å²) in [5.41, 5.74) is 0.374. The Morgan fingerprint density at radius 3 is 2.46 bits per heavy atom. The van der Waals surface area contributed by atoms with Crippen LogP contribution in [0.25, 0.3) is 0 Å². The van der Waals surface area contributed by atoms with E-state index >= 15 is 0 Å². The van der Waals surface area contributed by atoms with E-state index in [9.17, 15) is 8.42 Å². The van der Waals surface area contributed by atoms with Gasteiger partial charge < -0.3 is 5.02 Å². The van der Waals surface area contributed by atoms with Crippen molar-refractivity contribution in [3.63, 3.8) is 0 Å². The molecule has 0 amide bonds. The molecule has 0 aliphatic carbocycles. The topological polar surface area (TPSA) is 80.4 Å². The normalized spacial score (nSPS) is 11.3. The second-order valence-corrected chi connectivity index (χ2v) is 4.87. The molecule has 1 rings (SSSR count). The van der Waals surface area contributed by atoms with Gasteiger partial charge in [0.1, 0.15) is 0 Å². The molecule has 0 heterocycles. The Morgan fingerprint density at radius 2 is 2.00 bits per heavy atom. The average molecular weight is 263 g/mol. The minimum absolute atomic E-state index is 0.0397. The molecule has 13 heavy (non-hydrogen) atoms. The molecule has 69 valence electrons. The summed E-state index contributed by atoms with van der Waals surface area (Å²) in [7, 11) is -2.91. The summed E-state index contributed by atoms with van der Waals surface area (Å²) in [6, 6.07) is 4.21. The lowest BCUT2D eigenvalue weighted by atomic mass is 9.89. The number of primary sulfonamides is 1. The van der Waals surface area contributed by atoms with Gasteiger partial charge in [-0.05, 0) is 12.1 Å². The van der Waals surface area contributed by atoms with Crippen LogP contribution in [0, 0.1) is 0 Å². The van der Waals surface area contributed by atoms with E-state index in [4.69, 9.17) is 10.2 Å². The van der Waals surface area contributed by atoms with Crippen LogP contribution in [0.1, 0.15) is 0 Å². The molecule has 0 saturated heterocycles. The van der Waals surface area contributed by atoms with E-state index in [0.717, 1.165) is 7.48 Å². The number of benzene rings is 1. The molecule has 1 radical (unpaired) electrons. The number of sulfonamides is 1. The number of halogens is 1. The monoisotopic (exact) mass is 262 g/mol. The lowest BCUT2D eigenvalue weighted by Crippen LogP contribution is -2.19. The quantitative estimate of drug-likeness (QED) is 0.694. The Hall–Kier alpha value is -0.365. The Labute approximate surface area is 85.2 Å². The molecule has 0 fully saturated rings. The molecule has 0 bridgehead atoms. The summed E-state index contributed by atoms with van der Waals surface area (Å²) in [5, 5.41) is 13.6. The van der Waals surface area contributed by atoms with E-state index in [-0.39, 0.29) is 4.90 Å². The predicted molar refractivity (Wildman–Crippen MR) is 53.1 cm³/mol. The van der Waals surface area contributed by atoms with Crippen molar-refractivity contribution >= 4 is 38.9 Å². The van der Waals surface area contributed by atoms with Crippen LogP contribution in [0.15, 0.2) is 27.6 Å². The van der Waals surface area contributed by atoms with Crippen molar-refractivity contribution in [2.75, 3.05) is 0 Å². The third-order valence-electron chi connectivity index (χ3n) is 1.37. The first-order chi connectivity index (χ1) is 5.93. The fraction of sp³-hybridized carbons (Fsp3) is 0. The van der Waals surface area contributed by atoms with Crippen molar-refractivity contribution in [1.29, 1.82) is 0 Å². The van der Waals surface area contributed by atoms with E-state index in [2.05, 4.69) is 15.9 Å². The molecule has 0 aliphatic heterocycles. The number of hydrogen-bond acceptors (Lipinski definition) is 3. The van der Waals surface area contributed by atoms with E-state index in [1.54, 1.807) is 6.07 Å². The maximum absolute atomic E-state index is 10.9. The molecule has 7 heteroatoms. The van der Waals surface area contributed by atoms with Gasteiger partial charge in [0.15, 0.2) is 0 Å². The van der Waals surface area contributed by atoms with Gasteiger partial charge in [-0.15, -0.1) is 0 Å². The average Bonchev–Trinajstić information content (AvgIpc) is 2.01. The molecule has 3 N–H and O–H groups in total. The molecular formula is C6H6BBrNO3S. The number of rotatable bonds is 2. The molecule has 0 atom stereocenters. The molecule has 1 aromatic rings. The minimum Gasteiger partial charge on any atom is -0.450 e.